The largest absolute Gasteiger partial charge is 0.493 e. The minimum absolute atomic E-state index is 0.330. The van der Waals surface area contributed by atoms with Crippen LogP contribution in [0, 0.1) is 0 Å². The molecule has 0 saturated carbocycles. The molecule has 1 aromatic rings. The highest BCUT2D eigenvalue weighted by atomic mass is 16.5. The lowest BCUT2D eigenvalue weighted by Crippen LogP contribution is -2.09. The number of anilines is 1. The van der Waals surface area contributed by atoms with E-state index in [2.05, 4.69) is 5.32 Å². The number of nitrogens with one attached hydrogen (secondary N) is 1. The predicted octanol–water partition coefficient (Wildman–Crippen LogP) is 1.92. The van der Waals surface area contributed by atoms with Crippen molar-refractivity contribution in [2.75, 3.05) is 33.2 Å². The third kappa shape index (κ3) is 2.81. The Morgan fingerprint density at radius 3 is 2.29 bits per heavy atom. The number of ether oxygens (including phenoxy) is 3. The summed E-state index contributed by atoms with van der Waals surface area (Å²) in [5.74, 6) is 0.664. The molecule has 0 radical (unpaired) electrons. The second-order valence-electron chi connectivity index (χ2n) is 3.22. The van der Waals surface area contributed by atoms with E-state index in [1.165, 1.54) is 7.11 Å². The van der Waals surface area contributed by atoms with Gasteiger partial charge in [-0.15, -0.1) is 0 Å². The molecule has 5 nitrogen and oxygen atoms in total. The first-order valence-electron chi connectivity index (χ1n) is 5.28. The minimum Gasteiger partial charge on any atom is -0.493 e. The SMILES string of the molecule is CCOC(=O)c1cc(OC)c(OC)cc1NC. The van der Waals surface area contributed by atoms with Crippen molar-refractivity contribution >= 4 is 11.7 Å². The Morgan fingerprint density at radius 1 is 1.24 bits per heavy atom. The zero-order valence-corrected chi connectivity index (χ0v) is 10.5. The molecule has 0 heterocycles. The number of benzene rings is 1. The smallest absolute Gasteiger partial charge is 0.340 e. The Labute approximate surface area is 101 Å². The van der Waals surface area contributed by atoms with Gasteiger partial charge in [0.1, 0.15) is 0 Å². The van der Waals surface area contributed by atoms with Gasteiger partial charge in [0.2, 0.25) is 0 Å². The van der Waals surface area contributed by atoms with Crippen LogP contribution in [0.2, 0.25) is 0 Å². The molecule has 0 aliphatic carbocycles. The van der Waals surface area contributed by atoms with Gasteiger partial charge in [-0.2, -0.15) is 0 Å². The number of methoxy groups -OCH3 is 2. The molecular weight excluding hydrogens is 222 g/mol. The van der Waals surface area contributed by atoms with E-state index in [0.717, 1.165) is 0 Å². The first kappa shape index (κ1) is 13.2. The van der Waals surface area contributed by atoms with Crippen LogP contribution in [-0.4, -0.2) is 33.8 Å². The number of hydrogen-bond acceptors (Lipinski definition) is 5. The van der Waals surface area contributed by atoms with Crippen LogP contribution < -0.4 is 14.8 Å². The van der Waals surface area contributed by atoms with Gasteiger partial charge < -0.3 is 19.5 Å². The van der Waals surface area contributed by atoms with Gasteiger partial charge in [0.15, 0.2) is 11.5 Å². The minimum atomic E-state index is -0.391. The van der Waals surface area contributed by atoms with Crippen LogP contribution in [0.1, 0.15) is 17.3 Å². The van der Waals surface area contributed by atoms with E-state index in [-0.39, 0.29) is 0 Å². The first-order valence-corrected chi connectivity index (χ1v) is 5.28. The lowest BCUT2D eigenvalue weighted by Gasteiger charge is -2.13. The molecule has 0 aromatic heterocycles. The third-order valence-corrected chi connectivity index (χ3v) is 2.29. The fourth-order valence-electron chi connectivity index (χ4n) is 1.46. The summed E-state index contributed by atoms with van der Waals surface area (Å²) in [5.41, 5.74) is 1.06. The molecule has 1 rings (SSSR count). The zero-order chi connectivity index (χ0) is 12.8. The highest BCUT2D eigenvalue weighted by Crippen LogP contribution is 2.33. The monoisotopic (exact) mass is 239 g/mol. The molecule has 5 heteroatoms. The quantitative estimate of drug-likeness (QED) is 0.795. The van der Waals surface area contributed by atoms with Crippen LogP contribution in [0.3, 0.4) is 0 Å². The van der Waals surface area contributed by atoms with Crippen LogP contribution in [0.25, 0.3) is 0 Å². The maximum atomic E-state index is 11.7. The molecule has 0 bridgehead atoms. The van der Waals surface area contributed by atoms with Crippen LogP contribution in [0.15, 0.2) is 12.1 Å². The molecule has 0 unspecified atom stereocenters. The second-order valence-corrected chi connectivity index (χ2v) is 3.22. The summed E-state index contributed by atoms with van der Waals surface area (Å²) < 4.78 is 15.3. The molecular formula is C12H17NO4. The molecule has 0 aliphatic heterocycles. The first-order chi connectivity index (χ1) is 8.17. The summed E-state index contributed by atoms with van der Waals surface area (Å²) in [5, 5.41) is 2.92. The Morgan fingerprint density at radius 2 is 1.82 bits per heavy atom. The number of esters is 1. The van der Waals surface area contributed by atoms with E-state index in [9.17, 15) is 4.79 Å². The Balaban J connectivity index is 3.23. The van der Waals surface area contributed by atoms with Gasteiger partial charge in [-0.1, -0.05) is 0 Å². The van der Waals surface area contributed by atoms with Gasteiger partial charge in [0.05, 0.1) is 32.1 Å². The maximum Gasteiger partial charge on any atom is 0.340 e. The summed E-state index contributed by atoms with van der Waals surface area (Å²) >= 11 is 0. The summed E-state index contributed by atoms with van der Waals surface area (Å²) in [6, 6.07) is 3.30. The fraction of sp³-hybridized carbons (Fsp3) is 0.417. The van der Waals surface area contributed by atoms with Gasteiger partial charge in [0.25, 0.3) is 0 Å². The molecule has 1 N–H and O–H groups in total. The molecule has 0 spiro atoms. The van der Waals surface area contributed by atoms with Gasteiger partial charge in [-0.25, -0.2) is 4.79 Å². The van der Waals surface area contributed by atoms with E-state index < -0.39 is 5.97 Å². The molecule has 0 fully saturated rings. The number of carbonyl (C=O) groups excluding carboxylic acids is 1. The predicted molar refractivity (Wildman–Crippen MR) is 65.0 cm³/mol. The number of hydrogen-bond donors (Lipinski definition) is 1. The molecule has 0 saturated heterocycles. The normalized spacial score (nSPS) is 9.65. The summed E-state index contributed by atoms with van der Waals surface area (Å²) in [6.45, 7) is 2.09. The zero-order valence-electron chi connectivity index (χ0n) is 10.5. The van der Waals surface area contributed by atoms with Crippen LogP contribution >= 0.6 is 0 Å². The van der Waals surface area contributed by atoms with E-state index in [0.29, 0.717) is 29.4 Å². The van der Waals surface area contributed by atoms with E-state index in [1.807, 2.05) is 0 Å². The van der Waals surface area contributed by atoms with Crippen molar-refractivity contribution < 1.29 is 19.0 Å². The van der Waals surface area contributed by atoms with Crippen molar-refractivity contribution in [3.63, 3.8) is 0 Å². The lowest BCUT2D eigenvalue weighted by atomic mass is 10.1. The van der Waals surface area contributed by atoms with Crippen LogP contribution in [-0.2, 0) is 4.74 Å². The summed E-state index contributed by atoms with van der Waals surface area (Å²) in [6.07, 6.45) is 0. The molecule has 0 amide bonds. The Kier molecular flexibility index (Phi) is 4.63. The Bertz CT molecular complexity index is 404. The van der Waals surface area contributed by atoms with Gasteiger partial charge in [-0.05, 0) is 6.92 Å². The van der Waals surface area contributed by atoms with Crippen molar-refractivity contribution in [3.8, 4) is 11.5 Å². The lowest BCUT2D eigenvalue weighted by molar-refractivity contribution is 0.0527. The second kappa shape index (κ2) is 5.98. The molecule has 0 atom stereocenters. The highest BCUT2D eigenvalue weighted by molar-refractivity contribution is 5.96. The molecule has 17 heavy (non-hydrogen) atoms. The van der Waals surface area contributed by atoms with Crippen LogP contribution in [0.5, 0.6) is 11.5 Å². The van der Waals surface area contributed by atoms with Crippen molar-refractivity contribution in [1.82, 2.24) is 0 Å². The topological polar surface area (TPSA) is 56.8 Å². The van der Waals surface area contributed by atoms with E-state index in [4.69, 9.17) is 14.2 Å². The van der Waals surface area contributed by atoms with Gasteiger partial charge >= 0.3 is 5.97 Å². The summed E-state index contributed by atoms with van der Waals surface area (Å²) in [4.78, 5) is 11.7. The van der Waals surface area contributed by atoms with Crippen LogP contribution in [0.4, 0.5) is 5.69 Å². The fourth-order valence-corrected chi connectivity index (χ4v) is 1.46. The highest BCUT2D eigenvalue weighted by Gasteiger charge is 2.16. The third-order valence-electron chi connectivity index (χ3n) is 2.29. The van der Waals surface area contributed by atoms with E-state index >= 15 is 0 Å². The number of carbonyl (C=O) groups is 1. The van der Waals surface area contributed by atoms with Crippen molar-refractivity contribution in [1.29, 1.82) is 0 Å². The Hall–Kier alpha value is -1.91. The van der Waals surface area contributed by atoms with Gasteiger partial charge in [0, 0.05) is 19.2 Å². The average Bonchev–Trinajstić information content (AvgIpc) is 2.37. The van der Waals surface area contributed by atoms with E-state index in [1.54, 1.807) is 33.2 Å². The standard InChI is InChI=1S/C12H17NO4/c1-5-17-12(14)8-6-10(15-3)11(16-4)7-9(8)13-2/h6-7,13H,5H2,1-4H3. The molecule has 94 valence electrons. The average molecular weight is 239 g/mol. The number of rotatable bonds is 5. The molecule has 1 aromatic carbocycles. The van der Waals surface area contributed by atoms with Crippen molar-refractivity contribution in [2.45, 2.75) is 6.92 Å². The molecule has 0 aliphatic rings. The summed E-state index contributed by atoms with van der Waals surface area (Å²) in [7, 11) is 4.79. The van der Waals surface area contributed by atoms with Crippen molar-refractivity contribution in [2.24, 2.45) is 0 Å². The van der Waals surface area contributed by atoms with Crippen molar-refractivity contribution in [3.05, 3.63) is 17.7 Å². The van der Waals surface area contributed by atoms with Gasteiger partial charge in [-0.3, -0.25) is 0 Å². The maximum absolute atomic E-state index is 11.7.